The fourth-order valence-electron chi connectivity index (χ4n) is 2.84. The lowest BCUT2D eigenvalue weighted by molar-refractivity contribution is -0.587. The van der Waals surface area contributed by atoms with Crippen LogP contribution in [0.5, 0.6) is 0 Å². The van der Waals surface area contributed by atoms with Gasteiger partial charge in [0.15, 0.2) is 0 Å². The Morgan fingerprint density at radius 1 is 0.621 bits per heavy atom. The number of aromatic nitrogens is 2. The summed E-state index contributed by atoms with van der Waals surface area (Å²) in [4.78, 5) is 4.50. The zero-order valence-electron chi connectivity index (χ0n) is 15.3. The summed E-state index contributed by atoms with van der Waals surface area (Å²) in [7, 11) is -6.00. The van der Waals surface area contributed by atoms with Gasteiger partial charge in [-0.15, -0.1) is 0 Å². The number of pyridine rings is 2. The Balaban J connectivity index is 0.000000431. The molecule has 0 bridgehead atoms. The monoisotopic (exact) mass is 396 g/mol. The predicted octanol–water partition coefficient (Wildman–Crippen LogP) is 5.99. The molecule has 0 radical (unpaired) electrons. The van der Waals surface area contributed by atoms with Gasteiger partial charge in [-0.3, -0.25) is 0 Å². The molecular formula is C22H17BF4N2. The van der Waals surface area contributed by atoms with Gasteiger partial charge in [0.1, 0.15) is 11.9 Å². The maximum Gasteiger partial charge on any atom is 0.673 e. The first-order valence-electron chi connectivity index (χ1n) is 8.87. The molecule has 2 heterocycles. The topological polar surface area (TPSA) is 16.8 Å². The van der Waals surface area contributed by atoms with Gasteiger partial charge in [-0.25, -0.2) is 0 Å². The number of hydrogen-bond donors (Lipinski definition) is 0. The molecule has 2 aromatic carbocycles. The highest BCUT2D eigenvalue weighted by Crippen LogP contribution is 2.24. The average Bonchev–Trinajstić information content (AvgIpc) is 2.74. The van der Waals surface area contributed by atoms with Crippen LogP contribution in [-0.4, -0.2) is 12.2 Å². The molecule has 0 aliphatic rings. The zero-order chi connectivity index (χ0) is 20.7. The molecular weight excluding hydrogens is 379 g/mol. The Morgan fingerprint density at radius 3 is 1.72 bits per heavy atom. The van der Waals surface area contributed by atoms with Crippen LogP contribution in [0.4, 0.5) is 17.3 Å². The number of nitrogens with zero attached hydrogens (tertiary/aromatic N) is 2. The molecule has 0 N–H and O–H groups in total. The highest BCUT2D eigenvalue weighted by atomic mass is 19.5. The molecule has 2 nitrogen and oxygen atoms in total. The van der Waals surface area contributed by atoms with E-state index in [0.29, 0.717) is 0 Å². The highest BCUT2D eigenvalue weighted by Gasteiger charge is 2.20. The fourth-order valence-corrected chi connectivity index (χ4v) is 2.84. The van der Waals surface area contributed by atoms with E-state index in [1.54, 1.807) is 0 Å². The van der Waals surface area contributed by atoms with Crippen molar-refractivity contribution in [3.05, 3.63) is 103 Å². The van der Waals surface area contributed by atoms with Crippen molar-refractivity contribution in [3.8, 4) is 28.2 Å². The van der Waals surface area contributed by atoms with Crippen molar-refractivity contribution in [2.75, 3.05) is 0 Å². The maximum atomic E-state index is 9.75. The molecule has 2 aromatic heterocycles. The van der Waals surface area contributed by atoms with Crippen LogP contribution in [0.15, 0.2) is 103 Å². The summed E-state index contributed by atoms with van der Waals surface area (Å²) in [5, 5.41) is 0. The van der Waals surface area contributed by atoms with Gasteiger partial charge in [-0.1, -0.05) is 66.7 Å². The molecule has 0 aliphatic heterocycles. The molecule has 29 heavy (non-hydrogen) atoms. The summed E-state index contributed by atoms with van der Waals surface area (Å²) in [5.41, 5.74) is 4.70. The first-order valence-corrected chi connectivity index (χ1v) is 8.87. The molecule has 0 aliphatic carbocycles. The van der Waals surface area contributed by atoms with Crippen LogP contribution < -0.4 is 4.57 Å². The van der Waals surface area contributed by atoms with Crippen LogP contribution in [0.25, 0.3) is 28.2 Å². The minimum atomic E-state index is -6.00. The Bertz CT molecular complexity index is 1030. The van der Waals surface area contributed by atoms with Crippen LogP contribution in [0, 0.1) is 0 Å². The van der Waals surface area contributed by atoms with Crippen LogP contribution in [-0.2, 0) is 0 Å². The van der Waals surface area contributed by atoms with Gasteiger partial charge in [-0.2, -0.15) is 4.57 Å². The SMILES string of the molecule is F[B-](F)(F)F.c1ccc(-c2cc[n+](-c3ccccn3)c(-c3ccccc3)c2)cc1. The van der Waals surface area contributed by atoms with Gasteiger partial charge in [0, 0.05) is 11.6 Å². The molecule has 0 spiro atoms. The van der Waals surface area contributed by atoms with Gasteiger partial charge in [0.25, 0.3) is 0 Å². The third-order valence-electron chi connectivity index (χ3n) is 4.03. The van der Waals surface area contributed by atoms with Crippen molar-refractivity contribution in [1.82, 2.24) is 4.98 Å². The van der Waals surface area contributed by atoms with Gasteiger partial charge < -0.3 is 17.3 Å². The van der Waals surface area contributed by atoms with Crippen molar-refractivity contribution in [3.63, 3.8) is 0 Å². The third-order valence-corrected chi connectivity index (χ3v) is 4.03. The summed E-state index contributed by atoms with van der Waals surface area (Å²) >= 11 is 0. The lowest BCUT2D eigenvalue weighted by Gasteiger charge is -2.09. The highest BCUT2D eigenvalue weighted by molar-refractivity contribution is 6.50. The second-order valence-corrected chi connectivity index (χ2v) is 6.09. The van der Waals surface area contributed by atoms with E-state index in [1.807, 2.05) is 36.5 Å². The molecule has 4 rings (SSSR count). The molecule has 0 atom stereocenters. The third kappa shape index (κ3) is 6.00. The minimum Gasteiger partial charge on any atom is -0.418 e. The predicted molar refractivity (Wildman–Crippen MR) is 107 cm³/mol. The summed E-state index contributed by atoms with van der Waals surface area (Å²) in [6.07, 6.45) is 3.91. The molecule has 0 fully saturated rings. The van der Waals surface area contributed by atoms with Crippen LogP contribution >= 0.6 is 0 Å². The number of rotatable bonds is 3. The van der Waals surface area contributed by atoms with E-state index in [-0.39, 0.29) is 0 Å². The molecule has 7 heteroatoms. The molecule has 0 unspecified atom stereocenters. The van der Waals surface area contributed by atoms with Crippen LogP contribution in [0.3, 0.4) is 0 Å². The Hall–Kier alpha value is -3.48. The average molecular weight is 396 g/mol. The van der Waals surface area contributed by atoms with E-state index in [4.69, 9.17) is 0 Å². The quantitative estimate of drug-likeness (QED) is 0.236. The molecule has 4 aromatic rings. The Kier molecular flexibility index (Phi) is 6.39. The smallest absolute Gasteiger partial charge is 0.418 e. The van der Waals surface area contributed by atoms with Gasteiger partial charge in [0.2, 0.25) is 0 Å². The number of benzene rings is 2. The van der Waals surface area contributed by atoms with Crippen molar-refractivity contribution >= 4 is 7.25 Å². The van der Waals surface area contributed by atoms with Crippen molar-refractivity contribution < 1.29 is 21.8 Å². The minimum absolute atomic E-state index is 0.913. The van der Waals surface area contributed by atoms with E-state index in [0.717, 1.165) is 11.5 Å². The molecule has 0 saturated heterocycles. The maximum absolute atomic E-state index is 9.75. The summed E-state index contributed by atoms with van der Waals surface area (Å²) < 4.78 is 41.1. The summed E-state index contributed by atoms with van der Waals surface area (Å²) in [5.74, 6) is 0.913. The largest absolute Gasteiger partial charge is 0.673 e. The van der Waals surface area contributed by atoms with E-state index in [2.05, 4.69) is 76.4 Å². The van der Waals surface area contributed by atoms with E-state index in [1.165, 1.54) is 16.7 Å². The second-order valence-electron chi connectivity index (χ2n) is 6.09. The molecule has 0 saturated carbocycles. The lowest BCUT2D eigenvalue weighted by Crippen LogP contribution is -2.34. The van der Waals surface area contributed by atoms with Crippen LogP contribution in [0.2, 0.25) is 0 Å². The molecule has 146 valence electrons. The lowest BCUT2D eigenvalue weighted by atomic mass is 10.0. The van der Waals surface area contributed by atoms with E-state index >= 15 is 0 Å². The first kappa shape index (κ1) is 20.3. The van der Waals surface area contributed by atoms with E-state index in [9.17, 15) is 17.3 Å². The zero-order valence-corrected chi connectivity index (χ0v) is 15.3. The molecule has 0 amide bonds. The standard InChI is InChI=1S/C22H17N2.BF4/c1-3-9-18(10-4-1)20-14-16-24(22-13-7-8-15-23-22)21(17-20)19-11-5-2-6-12-19;2-1(3,4)5/h1-17H;/q+1;-1. The van der Waals surface area contributed by atoms with E-state index < -0.39 is 7.25 Å². The Labute approximate surface area is 166 Å². The van der Waals surface area contributed by atoms with Crippen molar-refractivity contribution in [1.29, 1.82) is 0 Å². The van der Waals surface area contributed by atoms with Crippen molar-refractivity contribution in [2.24, 2.45) is 0 Å². The summed E-state index contributed by atoms with van der Waals surface area (Å²) in [6.45, 7) is 0. The van der Waals surface area contributed by atoms with Gasteiger partial charge in [-0.05, 0) is 34.3 Å². The number of halogens is 4. The van der Waals surface area contributed by atoms with Crippen molar-refractivity contribution in [2.45, 2.75) is 0 Å². The van der Waals surface area contributed by atoms with Gasteiger partial charge >= 0.3 is 13.1 Å². The Morgan fingerprint density at radius 2 is 1.17 bits per heavy atom. The first-order chi connectivity index (χ1) is 13.9. The fraction of sp³-hybridized carbons (Fsp3) is 0. The normalized spacial score (nSPS) is 10.8. The number of hydrogen-bond acceptors (Lipinski definition) is 1. The summed E-state index contributed by atoms with van der Waals surface area (Å²) in [6, 6.07) is 31.2. The van der Waals surface area contributed by atoms with Gasteiger partial charge in [0.05, 0.1) is 6.20 Å². The van der Waals surface area contributed by atoms with Crippen LogP contribution in [0.1, 0.15) is 0 Å². The second kappa shape index (κ2) is 9.14.